The van der Waals surface area contributed by atoms with E-state index in [4.69, 9.17) is 11.6 Å². The summed E-state index contributed by atoms with van der Waals surface area (Å²) in [6, 6.07) is 7.81. The van der Waals surface area contributed by atoms with E-state index in [0.717, 1.165) is 50.2 Å². The van der Waals surface area contributed by atoms with Crippen molar-refractivity contribution in [3.8, 4) is 0 Å². The van der Waals surface area contributed by atoms with Crippen molar-refractivity contribution in [2.24, 2.45) is 5.41 Å². The normalized spacial score (nSPS) is 22.0. The fourth-order valence-corrected chi connectivity index (χ4v) is 3.25. The zero-order valence-electron chi connectivity index (χ0n) is 12.8. The summed E-state index contributed by atoms with van der Waals surface area (Å²) in [4.78, 5) is 12.6. The fraction of sp³-hybridized carbons (Fsp3) is 0.588. The standard InChI is InChI=1S/C17H25ClN2O/c1-2-9-17(10-3-11-19-13-17)16(21)20-12-8-14-4-6-15(18)7-5-14/h4-7,19H,2-3,8-13H2,1H3,(H,20,21). The summed E-state index contributed by atoms with van der Waals surface area (Å²) in [5, 5.41) is 7.26. The lowest BCUT2D eigenvalue weighted by molar-refractivity contribution is -0.132. The van der Waals surface area contributed by atoms with Crippen molar-refractivity contribution in [1.82, 2.24) is 10.6 Å². The number of rotatable bonds is 6. The molecule has 1 aromatic rings. The van der Waals surface area contributed by atoms with Crippen LogP contribution in [0, 0.1) is 5.41 Å². The Hall–Kier alpha value is -1.06. The molecule has 1 saturated heterocycles. The maximum atomic E-state index is 12.6. The summed E-state index contributed by atoms with van der Waals surface area (Å²) in [6.45, 7) is 4.68. The zero-order valence-corrected chi connectivity index (χ0v) is 13.5. The minimum Gasteiger partial charge on any atom is -0.355 e. The molecular formula is C17H25ClN2O. The molecule has 21 heavy (non-hydrogen) atoms. The van der Waals surface area contributed by atoms with E-state index in [9.17, 15) is 4.79 Å². The highest BCUT2D eigenvalue weighted by molar-refractivity contribution is 6.30. The fourth-order valence-electron chi connectivity index (χ4n) is 3.13. The van der Waals surface area contributed by atoms with Gasteiger partial charge in [0.2, 0.25) is 5.91 Å². The molecule has 0 saturated carbocycles. The van der Waals surface area contributed by atoms with Crippen molar-refractivity contribution in [2.45, 2.75) is 39.0 Å². The van der Waals surface area contributed by atoms with Crippen molar-refractivity contribution in [3.05, 3.63) is 34.9 Å². The molecule has 0 bridgehead atoms. The number of carbonyl (C=O) groups is 1. The van der Waals surface area contributed by atoms with E-state index in [2.05, 4.69) is 17.6 Å². The van der Waals surface area contributed by atoms with Crippen molar-refractivity contribution >= 4 is 17.5 Å². The third-order valence-electron chi connectivity index (χ3n) is 4.29. The van der Waals surface area contributed by atoms with Gasteiger partial charge in [-0.25, -0.2) is 0 Å². The van der Waals surface area contributed by atoms with Gasteiger partial charge in [0, 0.05) is 18.1 Å². The van der Waals surface area contributed by atoms with Crippen molar-refractivity contribution in [2.75, 3.05) is 19.6 Å². The second-order valence-corrected chi connectivity index (χ2v) is 6.38. The predicted octanol–water partition coefficient (Wildman–Crippen LogP) is 3.17. The Morgan fingerprint density at radius 2 is 2.14 bits per heavy atom. The van der Waals surface area contributed by atoms with E-state index in [1.807, 2.05) is 24.3 Å². The smallest absolute Gasteiger partial charge is 0.227 e. The first-order valence-electron chi connectivity index (χ1n) is 7.90. The summed E-state index contributed by atoms with van der Waals surface area (Å²) >= 11 is 5.87. The van der Waals surface area contributed by atoms with Crippen LogP contribution < -0.4 is 10.6 Å². The summed E-state index contributed by atoms with van der Waals surface area (Å²) < 4.78 is 0. The first-order chi connectivity index (χ1) is 10.2. The van der Waals surface area contributed by atoms with Crippen LogP contribution >= 0.6 is 11.6 Å². The molecule has 116 valence electrons. The lowest BCUT2D eigenvalue weighted by Gasteiger charge is -2.36. The number of carbonyl (C=O) groups excluding carboxylic acids is 1. The second-order valence-electron chi connectivity index (χ2n) is 5.94. The average molecular weight is 309 g/mol. The minimum absolute atomic E-state index is 0.201. The summed E-state index contributed by atoms with van der Waals surface area (Å²) in [7, 11) is 0. The zero-order chi connectivity index (χ0) is 15.1. The third-order valence-corrected chi connectivity index (χ3v) is 4.55. The molecule has 0 spiro atoms. The van der Waals surface area contributed by atoms with E-state index in [1.165, 1.54) is 5.56 Å². The number of amides is 1. The predicted molar refractivity (Wildman–Crippen MR) is 87.6 cm³/mol. The van der Waals surface area contributed by atoms with Crippen molar-refractivity contribution in [3.63, 3.8) is 0 Å². The SMILES string of the molecule is CCCC1(C(=O)NCCc2ccc(Cl)cc2)CCCNC1. The number of hydrogen-bond donors (Lipinski definition) is 2. The van der Waals surface area contributed by atoms with Crippen LogP contribution in [-0.4, -0.2) is 25.5 Å². The van der Waals surface area contributed by atoms with E-state index >= 15 is 0 Å². The van der Waals surface area contributed by atoms with Crippen LogP contribution in [-0.2, 0) is 11.2 Å². The molecule has 2 rings (SSSR count). The molecule has 1 aliphatic heterocycles. The van der Waals surface area contributed by atoms with Crippen LogP contribution in [0.25, 0.3) is 0 Å². The van der Waals surface area contributed by atoms with Gasteiger partial charge < -0.3 is 10.6 Å². The molecule has 1 unspecified atom stereocenters. The van der Waals surface area contributed by atoms with Crippen molar-refractivity contribution < 1.29 is 4.79 Å². The Morgan fingerprint density at radius 3 is 2.76 bits per heavy atom. The topological polar surface area (TPSA) is 41.1 Å². The molecule has 1 fully saturated rings. The Balaban J connectivity index is 1.85. The summed E-state index contributed by atoms with van der Waals surface area (Å²) in [5.41, 5.74) is 0.999. The van der Waals surface area contributed by atoms with E-state index in [1.54, 1.807) is 0 Å². The van der Waals surface area contributed by atoms with E-state index < -0.39 is 0 Å². The molecule has 1 amide bonds. The van der Waals surface area contributed by atoms with Gasteiger partial charge in [-0.15, -0.1) is 0 Å². The van der Waals surface area contributed by atoms with Crippen LogP contribution in [0.15, 0.2) is 24.3 Å². The van der Waals surface area contributed by atoms with Gasteiger partial charge in [-0.3, -0.25) is 4.79 Å². The lowest BCUT2D eigenvalue weighted by atomic mass is 9.76. The first kappa shape index (κ1) is 16.3. The highest BCUT2D eigenvalue weighted by Gasteiger charge is 2.38. The Kier molecular flexibility index (Phi) is 6.07. The average Bonchev–Trinajstić information content (AvgIpc) is 2.50. The number of halogens is 1. The monoisotopic (exact) mass is 308 g/mol. The van der Waals surface area contributed by atoms with Crippen LogP contribution in [0.5, 0.6) is 0 Å². The lowest BCUT2D eigenvalue weighted by Crippen LogP contribution is -2.50. The van der Waals surface area contributed by atoms with Gasteiger partial charge in [-0.2, -0.15) is 0 Å². The van der Waals surface area contributed by atoms with Gasteiger partial charge in [-0.1, -0.05) is 37.1 Å². The maximum Gasteiger partial charge on any atom is 0.227 e. The van der Waals surface area contributed by atoms with Crippen LogP contribution in [0.4, 0.5) is 0 Å². The molecule has 1 heterocycles. The third kappa shape index (κ3) is 4.45. The molecule has 0 aromatic heterocycles. The summed E-state index contributed by atoms with van der Waals surface area (Å²) in [6.07, 6.45) is 4.95. The quantitative estimate of drug-likeness (QED) is 0.847. The largest absolute Gasteiger partial charge is 0.355 e. The van der Waals surface area contributed by atoms with Gasteiger partial charge in [0.25, 0.3) is 0 Å². The summed E-state index contributed by atoms with van der Waals surface area (Å²) in [5.74, 6) is 0.213. The van der Waals surface area contributed by atoms with Gasteiger partial charge in [0.05, 0.1) is 5.41 Å². The first-order valence-corrected chi connectivity index (χ1v) is 8.27. The highest BCUT2D eigenvalue weighted by Crippen LogP contribution is 2.31. The Labute approximate surface area is 132 Å². The molecule has 0 radical (unpaired) electrons. The molecular weight excluding hydrogens is 284 g/mol. The molecule has 3 nitrogen and oxygen atoms in total. The molecule has 2 N–H and O–H groups in total. The van der Waals surface area contributed by atoms with Gasteiger partial charge in [-0.05, 0) is 49.9 Å². The molecule has 0 aliphatic carbocycles. The number of piperidine rings is 1. The van der Waals surface area contributed by atoms with Gasteiger partial charge in [0.1, 0.15) is 0 Å². The van der Waals surface area contributed by atoms with Crippen LogP contribution in [0.3, 0.4) is 0 Å². The minimum atomic E-state index is -0.201. The Morgan fingerprint density at radius 1 is 1.38 bits per heavy atom. The number of hydrogen-bond acceptors (Lipinski definition) is 2. The second kappa shape index (κ2) is 7.81. The number of nitrogens with one attached hydrogen (secondary N) is 2. The van der Waals surface area contributed by atoms with Gasteiger partial charge >= 0.3 is 0 Å². The maximum absolute atomic E-state index is 12.6. The van der Waals surface area contributed by atoms with Crippen LogP contribution in [0.1, 0.15) is 38.2 Å². The molecule has 1 aliphatic rings. The van der Waals surface area contributed by atoms with E-state index in [-0.39, 0.29) is 11.3 Å². The van der Waals surface area contributed by atoms with E-state index in [0.29, 0.717) is 6.54 Å². The highest BCUT2D eigenvalue weighted by atomic mass is 35.5. The van der Waals surface area contributed by atoms with Crippen LogP contribution in [0.2, 0.25) is 5.02 Å². The van der Waals surface area contributed by atoms with Crippen molar-refractivity contribution in [1.29, 1.82) is 0 Å². The molecule has 1 atom stereocenters. The molecule has 1 aromatic carbocycles. The van der Waals surface area contributed by atoms with Gasteiger partial charge in [0.15, 0.2) is 0 Å². The molecule has 4 heteroatoms. The number of benzene rings is 1. The Bertz CT molecular complexity index is 447.